The Hall–Kier alpha value is -1.26. The first kappa shape index (κ1) is 11.2. The third kappa shape index (κ3) is 2.28. The largest absolute Gasteiger partial charge is 0.416 e. The molecular formula is C11H11F4N. The number of rotatable bonds is 1. The van der Waals surface area contributed by atoms with E-state index in [1.54, 1.807) is 4.90 Å². The van der Waals surface area contributed by atoms with Crippen molar-refractivity contribution in [2.24, 2.45) is 0 Å². The predicted octanol–water partition coefficient (Wildman–Crippen LogP) is 3.44. The van der Waals surface area contributed by atoms with Gasteiger partial charge in [-0.1, -0.05) is 0 Å². The lowest BCUT2D eigenvalue weighted by Crippen LogP contribution is -2.18. The van der Waals surface area contributed by atoms with Crippen LogP contribution in [0.1, 0.15) is 18.4 Å². The minimum Gasteiger partial charge on any atom is -0.371 e. The van der Waals surface area contributed by atoms with E-state index in [0.29, 0.717) is 24.8 Å². The van der Waals surface area contributed by atoms with Crippen molar-refractivity contribution in [1.29, 1.82) is 0 Å². The molecule has 1 aromatic rings. The van der Waals surface area contributed by atoms with Crippen molar-refractivity contribution in [3.05, 3.63) is 29.6 Å². The molecule has 0 aliphatic carbocycles. The van der Waals surface area contributed by atoms with Gasteiger partial charge in [-0.2, -0.15) is 13.2 Å². The van der Waals surface area contributed by atoms with Gasteiger partial charge in [0.25, 0.3) is 0 Å². The molecule has 1 saturated heterocycles. The fraction of sp³-hybridized carbons (Fsp3) is 0.455. The fourth-order valence-corrected chi connectivity index (χ4v) is 1.90. The minimum absolute atomic E-state index is 0.324. The highest BCUT2D eigenvalue weighted by Gasteiger charge is 2.32. The summed E-state index contributed by atoms with van der Waals surface area (Å²) >= 11 is 0. The molecule has 1 aliphatic rings. The molecule has 1 aliphatic heterocycles. The molecule has 2 rings (SSSR count). The zero-order chi connectivity index (χ0) is 11.8. The summed E-state index contributed by atoms with van der Waals surface area (Å²) in [7, 11) is 0. The molecule has 0 radical (unpaired) electrons. The number of nitrogens with zero attached hydrogens (tertiary/aromatic N) is 1. The van der Waals surface area contributed by atoms with Crippen LogP contribution in [0.2, 0.25) is 0 Å². The van der Waals surface area contributed by atoms with E-state index in [2.05, 4.69) is 0 Å². The number of benzene rings is 1. The van der Waals surface area contributed by atoms with Gasteiger partial charge in [0.05, 0.1) is 5.56 Å². The summed E-state index contributed by atoms with van der Waals surface area (Å²) in [5.74, 6) is -0.836. The summed E-state index contributed by atoms with van der Waals surface area (Å²) in [6.07, 6.45) is -2.60. The Morgan fingerprint density at radius 1 is 1.00 bits per heavy atom. The molecule has 0 unspecified atom stereocenters. The van der Waals surface area contributed by atoms with Crippen LogP contribution in [-0.4, -0.2) is 13.1 Å². The number of hydrogen-bond acceptors (Lipinski definition) is 1. The van der Waals surface area contributed by atoms with Crippen molar-refractivity contribution < 1.29 is 17.6 Å². The third-order valence-electron chi connectivity index (χ3n) is 2.68. The van der Waals surface area contributed by atoms with Crippen molar-refractivity contribution in [2.45, 2.75) is 19.0 Å². The SMILES string of the molecule is Fc1cc(N2CCCC2)cc(C(F)(F)F)c1. The maximum atomic E-state index is 13.1. The Kier molecular flexibility index (Phi) is 2.78. The summed E-state index contributed by atoms with van der Waals surface area (Å²) in [6, 6.07) is 2.69. The molecule has 0 aromatic heterocycles. The topological polar surface area (TPSA) is 3.24 Å². The molecule has 0 N–H and O–H groups in total. The first-order valence-electron chi connectivity index (χ1n) is 5.09. The van der Waals surface area contributed by atoms with Crippen molar-refractivity contribution in [1.82, 2.24) is 0 Å². The van der Waals surface area contributed by atoms with Gasteiger partial charge < -0.3 is 4.90 Å². The summed E-state index contributed by atoms with van der Waals surface area (Å²) < 4.78 is 50.4. The quantitative estimate of drug-likeness (QED) is 0.671. The van der Waals surface area contributed by atoms with Gasteiger partial charge in [-0.05, 0) is 31.0 Å². The van der Waals surface area contributed by atoms with E-state index in [1.165, 1.54) is 0 Å². The van der Waals surface area contributed by atoms with E-state index in [0.717, 1.165) is 25.0 Å². The molecule has 5 heteroatoms. The lowest BCUT2D eigenvalue weighted by Gasteiger charge is -2.19. The molecule has 1 fully saturated rings. The zero-order valence-corrected chi connectivity index (χ0v) is 8.52. The van der Waals surface area contributed by atoms with Crippen LogP contribution in [0.5, 0.6) is 0 Å². The second-order valence-corrected chi connectivity index (χ2v) is 3.89. The maximum Gasteiger partial charge on any atom is 0.416 e. The molecule has 16 heavy (non-hydrogen) atoms. The monoisotopic (exact) mass is 233 g/mol. The fourth-order valence-electron chi connectivity index (χ4n) is 1.90. The van der Waals surface area contributed by atoms with Crippen molar-refractivity contribution in [2.75, 3.05) is 18.0 Å². The standard InChI is InChI=1S/C11H11F4N/c12-9-5-8(11(13,14)15)6-10(7-9)16-3-1-2-4-16/h5-7H,1-4H2. The zero-order valence-electron chi connectivity index (χ0n) is 8.52. The van der Waals surface area contributed by atoms with Gasteiger partial charge in [-0.25, -0.2) is 4.39 Å². The van der Waals surface area contributed by atoms with Crippen LogP contribution in [0.3, 0.4) is 0 Å². The van der Waals surface area contributed by atoms with Gasteiger partial charge in [0.2, 0.25) is 0 Å². The van der Waals surface area contributed by atoms with E-state index >= 15 is 0 Å². The highest BCUT2D eigenvalue weighted by molar-refractivity contribution is 5.50. The van der Waals surface area contributed by atoms with Gasteiger partial charge in [-0.15, -0.1) is 0 Å². The molecule has 1 nitrogen and oxygen atoms in total. The molecule has 1 aromatic carbocycles. The van der Waals surface area contributed by atoms with Crippen LogP contribution in [0.15, 0.2) is 18.2 Å². The van der Waals surface area contributed by atoms with E-state index in [1.807, 2.05) is 0 Å². The van der Waals surface area contributed by atoms with Gasteiger partial charge >= 0.3 is 6.18 Å². The molecule has 0 amide bonds. The summed E-state index contributed by atoms with van der Waals surface area (Å²) in [5.41, 5.74) is -0.598. The molecule has 0 atom stereocenters. The van der Waals surface area contributed by atoms with Crippen LogP contribution in [0.4, 0.5) is 23.2 Å². The van der Waals surface area contributed by atoms with Crippen molar-refractivity contribution in [3.63, 3.8) is 0 Å². The molecule has 1 heterocycles. The Balaban J connectivity index is 2.35. The third-order valence-corrected chi connectivity index (χ3v) is 2.68. The summed E-state index contributed by atoms with van der Waals surface area (Å²) in [4.78, 5) is 1.78. The Labute approximate surface area is 90.7 Å². The molecule has 0 saturated carbocycles. The van der Waals surface area contributed by atoms with Gasteiger partial charge in [0.15, 0.2) is 0 Å². The highest BCUT2D eigenvalue weighted by atomic mass is 19.4. The summed E-state index contributed by atoms with van der Waals surface area (Å²) in [6.45, 7) is 1.39. The minimum atomic E-state index is -4.49. The Bertz CT molecular complexity index is 380. The summed E-state index contributed by atoms with van der Waals surface area (Å²) in [5, 5.41) is 0. The van der Waals surface area contributed by atoms with Gasteiger partial charge in [0.1, 0.15) is 5.82 Å². The number of anilines is 1. The van der Waals surface area contributed by atoms with Crippen LogP contribution < -0.4 is 4.90 Å². The van der Waals surface area contributed by atoms with Crippen molar-refractivity contribution in [3.8, 4) is 0 Å². The van der Waals surface area contributed by atoms with E-state index in [4.69, 9.17) is 0 Å². The average Bonchev–Trinajstić information content (AvgIpc) is 2.68. The van der Waals surface area contributed by atoms with Crippen LogP contribution >= 0.6 is 0 Å². The van der Waals surface area contributed by atoms with E-state index in [9.17, 15) is 17.6 Å². The van der Waals surface area contributed by atoms with Crippen LogP contribution in [0, 0.1) is 5.82 Å². The normalized spacial score (nSPS) is 16.9. The lowest BCUT2D eigenvalue weighted by molar-refractivity contribution is -0.137. The molecule has 88 valence electrons. The first-order chi connectivity index (χ1) is 7.47. The number of alkyl halides is 3. The van der Waals surface area contributed by atoms with Crippen LogP contribution in [-0.2, 0) is 6.18 Å². The number of halogens is 4. The second-order valence-electron chi connectivity index (χ2n) is 3.89. The first-order valence-corrected chi connectivity index (χ1v) is 5.09. The molecule has 0 bridgehead atoms. The van der Waals surface area contributed by atoms with E-state index < -0.39 is 17.6 Å². The Morgan fingerprint density at radius 3 is 2.19 bits per heavy atom. The smallest absolute Gasteiger partial charge is 0.371 e. The van der Waals surface area contributed by atoms with Gasteiger partial charge in [0, 0.05) is 18.8 Å². The maximum absolute atomic E-state index is 13.1. The number of hydrogen-bond donors (Lipinski definition) is 0. The molecule has 0 spiro atoms. The van der Waals surface area contributed by atoms with E-state index in [-0.39, 0.29) is 0 Å². The average molecular weight is 233 g/mol. The van der Waals surface area contributed by atoms with Crippen molar-refractivity contribution >= 4 is 5.69 Å². The second kappa shape index (κ2) is 3.96. The highest BCUT2D eigenvalue weighted by Crippen LogP contribution is 2.33. The molecular weight excluding hydrogens is 222 g/mol. The lowest BCUT2D eigenvalue weighted by atomic mass is 10.1. The Morgan fingerprint density at radius 2 is 1.62 bits per heavy atom. The predicted molar refractivity (Wildman–Crippen MR) is 52.8 cm³/mol. The van der Waals surface area contributed by atoms with Crippen LogP contribution in [0.25, 0.3) is 0 Å². The van der Waals surface area contributed by atoms with Gasteiger partial charge in [-0.3, -0.25) is 0 Å².